The molecule has 0 bridgehead atoms. The topological polar surface area (TPSA) is 45.6 Å². The largest absolute Gasteiger partial charge is 0.493 e. The van der Waals surface area contributed by atoms with Crippen molar-refractivity contribution in [2.24, 2.45) is 5.92 Å². The van der Waals surface area contributed by atoms with Crippen molar-refractivity contribution >= 4 is 0 Å². The van der Waals surface area contributed by atoms with Crippen molar-refractivity contribution in [2.75, 3.05) is 20.2 Å². The van der Waals surface area contributed by atoms with Gasteiger partial charge >= 0.3 is 0 Å². The Morgan fingerprint density at radius 1 is 1.26 bits per heavy atom. The average molecular weight is 316 g/mol. The number of aliphatic hydroxyl groups excluding tert-OH is 1. The van der Waals surface area contributed by atoms with Gasteiger partial charge in [-0.1, -0.05) is 12.1 Å². The molecule has 23 heavy (non-hydrogen) atoms. The Hall–Kier alpha value is -1.98. The van der Waals surface area contributed by atoms with Gasteiger partial charge in [0.2, 0.25) is 0 Å². The Balaban J connectivity index is 1.66. The van der Waals surface area contributed by atoms with Crippen molar-refractivity contribution in [1.82, 2.24) is 9.88 Å². The fraction of sp³-hybridized carbons (Fsp3) is 0.389. The maximum Gasteiger partial charge on any atom is 0.165 e. The molecule has 5 heteroatoms. The van der Waals surface area contributed by atoms with Gasteiger partial charge in [0.15, 0.2) is 11.6 Å². The number of β-amino-alcohol motifs (C(OH)–C–C–N with tert-alkyl or cyclic N) is 1. The van der Waals surface area contributed by atoms with Gasteiger partial charge in [0.05, 0.1) is 13.2 Å². The van der Waals surface area contributed by atoms with Crippen molar-refractivity contribution in [3.8, 4) is 5.75 Å². The molecule has 1 aliphatic heterocycles. The van der Waals surface area contributed by atoms with Gasteiger partial charge in [-0.15, -0.1) is 0 Å². The van der Waals surface area contributed by atoms with Gasteiger partial charge in [0.1, 0.15) is 0 Å². The first-order valence-corrected chi connectivity index (χ1v) is 7.78. The number of nitrogens with zero attached hydrogens (tertiary/aromatic N) is 2. The molecule has 3 rings (SSSR count). The molecule has 0 amide bonds. The van der Waals surface area contributed by atoms with Crippen LogP contribution in [-0.4, -0.2) is 41.3 Å². The molecule has 1 saturated heterocycles. The third-order valence-electron chi connectivity index (χ3n) is 4.38. The number of benzene rings is 1. The van der Waals surface area contributed by atoms with Crippen LogP contribution in [0.4, 0.5) is 4.39 Å². The van der Waals surface area contributed by atoms with Crippen LogP contribution in [0.5, 0.6) is 5.75 Å². The number of aliphatic hydroxyl groups is 1. The Bertz CT molecular complexity index is 651. The van der Waals surface area contributed by atoms with Crippen molar-refractivity contribution in [3.63, 3.8) is 0 Å². The van der Waals surface area contributed by atoms with Crippen LogP contribution in [0.2, 0.25) is 0 Å². The molecule has 2 aromatic rings. The molecule has 0 radical (unpaired) electrons. The van der Waals surface area contributed by atoms with Crippen LogP contribution in [0.1, 0.15) is 11.1 Å². The molecule has 1 fully saturated rings. The summed E-state index contributed by atoms with van der Waals surface area (Å²) in [5.74, 6) is 0.120. The second-order valence-corrected chi connectivity index (χ2v) is 6.01. The molecule has 4 nitrogen and oxygen atoms in total. The molecule has 1 aromatic carbocycles. The van der Waals surface area contributed by atoms with Gasteiger partial charge < -0.3 is 9.84 Å². The summed E-state index contributed by atoms with van der Waals surface area (Å²) in [5, 5.41) is 10.3. The van der Waals surface area contributed by atoms with Crippen LogP contribution in [-0.2, 0) is 13.0 Å². The molecule has 1 aromatic heterocycles. The molecule has 0 saturated carbocycles. The van der Waals surface area contributed by atoms with Crippen LogP contribution >= 0.6 is 0 Å². The van der Waals surface area contributed by atoms with Gasteiger partial charge in [-0.3, -0.25) is 9.88 Å². The smallest absolute Gasteiger partial charge is 0.165 e. The van der Waals surface area contributed by atoms with E-state index >= 15 is 0 Å². The van der Waals surface area contributed by atoms with Crippen molar-refractivity contribution in [1.29, 1.82) is 0 Å². The summed E-state index contributed by atoms with van der Waals surface area (Å²) in [5.41, 5.74) is 1.98. The first-order valence-electron chi connectivity index (χ1n) is 7.78. The summed E-state index contributed by atoms with van der Waals surface area (Å²) in [6, 6.07) is 8.90. The predicted molar refractivity (Wildman–Crippen MR) is 85.7 cm³/mol. The van der Waals surface area contributed by atoms with E-state index in [1.54, 1.807) is 18.5 Å². The fourth-order valence-electron chi connectivity index (χ4n) is 3.24. The number of hydrogen-bond acceptors (Lipinski definition) is 4. The van der Waals surface area contributed by atoms with Crippen molar-refractivity contribution < 1.29 is 14.2 Å². The molecular weight excluding hydrogens is 295 g/mol. The SMILES string of the molecule is COc1c(F)cccc1CN1C[C@@H](Cc2ccncc2)[C@@H](O)C1. The summed E-state index contributed by atoms with van der Waals surface area (Å²) < 4.78 is 18.9. The third-order valence-corrected chi connectivity index (χ3v) is 4.38. The Morgan fingerprint density at radius 3 is 2.78 bits per heavy atom. The highest BCUT2D eigenvalue weighted by atomic mass is 19.1. The van der Waals surface area contributed by atoms with Crippen molar-refractivity contribution in [2.45, 2.75) is 19.1 Å². The highest BCUT2D eigenvalue weighted by Gasteiger charge is 2.31. The van der Waals surface area contributed by atoms with E-state index in [0.717, 1.165) is 18.5 Å². The van der Waals surface area contributed by atoms with Crippen LogP contribution < -0.4 is 4.74 Å². The van der Waals surface area contributed by atoms with Gasteiger partial charge in [0, 0.05) is 43.5 Å². The lowest BCUT2D eigenvalue weighted by molar-refractivity contribution is 0.141. The Kier molecular flexibility index (Phi) is 4.88. The number of halogens is 1. The zero-order valence-corrected chi connectivity index (χ0v) is 13.2. The lowest BCUT2D eigenvalue weighted by Crippen LogP contribution is -2.21. The molecular formula is C18H21FN2O2. The van der Waals surface area contributed by atoms with E-state index < -0.39 is 0 Å². The number of rotatable bonds is 5. The minimum absolute atomic E-state index is 0.178. The van der Waals surface area contributed by atoms with E-state index in [9.17, 15) is 9.50 Å². The van der Waals surface area contributed by atoms with Crippen LogP contribution in [0, 0.1) is 11.7 Å². The van der Waals surface area contributed by atoms with Gasteiger partial charge in [-0.25, -0.2) is 4.39 Å². The molecule has 1 N–H and O–H groups in total. The molecule has 0 spiro atoms. The summed E-state index contributed by atoms with van der Waals surface area (Å²) >= 11 is 0. The Labute approximate surface area is 135 Å². The van der Waals surface area contributed by atoms with E-state index in [1.807, 2.05) is 18.2 Å². The van der Waals surface area contributed by atoms with Crippen LogP contribution in [0.15, 0.2) is 42.7 Å². The van der Waals surface area contributed by atoms with Crippen LogP contribution in [0.25, 0.3) is 0 Å². The second-order valence-electron chi connectivity index (χ2n) is 6.01. The monoisotopic (exact) mass is 316 g/mol. The summed E-state index contributed by atoms with van der Waals surface area (Å²) in [4.78, 5) is 6.16. The van der Waals surface area contributed by atoms with E-state index in [2.05, 4.69) is 9.88 Å². The molecule has 0 unspecified atom stereocenters. The molecule has 122 valence electrons. The summed E-state index contributed by atoms with van der Waals surface area (Å²) in [6.07, 6.45) is 3.99. The number of aromatic nitrogens is 1. The maximum absolute atomic E-state index is 13.8. The lowest BCUT2D eigenvalue weighted by atomic mass is 9.97. The number of pyridine rings is 1. The van der Waals surface area contributed by atoms with Crippen LogP contribution in [0.3, 0.4) is 0 Å². The number of ether oxygens (including phenoxy) is 1. The van der Waals surface area contributed by atoms with Crippen molar-refractivity contribution in [3.05, 3.63) is 59.7 Å². The third kappa shape index (κ3) is 3.68. The molecule has 2 atom stereocenters. The lowest BCUT2D eigenvalue weighted by Gasteiger charge is -2.18. The first kappa shape index (κ1) is 15.9. The maximum atomic E-state index is 13.8. The summed E-state index contributed by atoms with van der Waals surface area (Å²) in [7, 11) is 1.48. The molecule has 0 aliphatic carbocycles. The van der Waals surface area contributed by atoms with E-state index in [4.69, 9.17) is 4.74 Å². The fourth-order valence-corrected chi connectivity index (χ4v) is 3.24. The highest BCUT2D eigenvalue weighted by molar-refractivity contribution is 5.35. The standard InChI is InChI=1S/C18H21FN2O2/c1-23-18-14(3-2-4-16(18)19)10-21-11-15(17(22)12-21)9-13-5-7-20-8-6-13/h2-8,15,17,22H,9-12H2,1H3/t15-,17+/m1/s1. The van der Waals surface area contributed by atoms with E-state index in [1.165, 1.54) is 18.7 Å². The number of likely N-dealkylation sites (tertiary alicyclic amines) is 1. The number of hydrogen-bond donors (Lipinski definition) is 1. The summed E-state index contributed by atoms with van der Waals surface area (Å²) in [6.45, 7) is 1.95. The highest BCUT2D eigenvalue weighted by Crippen LogP contribution is 2.27. The first-order chi connectivity index (χ1) is 11.2. The number of para-hydroxylation sites is 1. The minimum atomic E-state index is -0.372. The zero-order valence-electron chi connectivity index (χ0n) is 13.2. The number of methoxy groups -OCH3 is 1. The molecule has 1 aliphatic rings. The van der Waals surface area contributed by atoms with Gasteiger partial charge in [-0.05, 0) is 30.2 Å². The van der Waals surface area contributed by atoms with Gasteiger partial charge in [-0.2, -0.15) is 0 Å². The van der Waals surface area contributed by atoms with Gasteiger partial charge in [0.25, 0.3) is 0 Å². The minimum Gasteiger partial charge on any atom is -0.493 e. The Morgan fingerprint density at radius 2 is 2.04 bits per heavy atom. The predicted octanol–water partition coefficient (Wildman–Crippen LogP) is 2.26. The zero-order chi connectivity index (χ0) is 16.2. The second kappa shape index (κ2) is 7.06. The quantitative estimate of drug-likeness (QED) is 0.919. The molecule has 2 heterocycles. The van der Waals surface area contributed by atoms with E-state index in [0.29, 0.717) is 18.8 Å². The average Bonchev–Trinajstić information content (AvgIpc) is 2.88. The van der Waals surface area contributed by atoms with E-state index in [-0.39, 0.29) is 17.8 Å². The normalized spacial score (nSPS) is 21.5.